The largest absolute Gasteiger partial charge is 0.377 e. The van der Waals surface area contributed by atoms with Gasteiger partial charge in [-0.15, -0.1) is 0 Å². The molecule has 0 fully saturated rings. The molecule has 0 unspecified atom stereocenters. The van der Waals surface area contributed by atoms with E-state index in [4.69, 9.17) is 0 Å². The Labute approximate surface area is 102 Å². The first-order valence-electron chi connectivity index (χ1n) is 5.42. The molecule has 0 atom stereocenters. The number of rotatable bonds is 4. The molecule has 18 heavy (non-hydrogen) atoms. The highest BCUT2D eigenvalue weighted by atomic mass is 16.5. The third-order valence-corrected chi connectivity index (χ3v) is 2.76. The Balaban J connectivity index is 2.51. The number of aromatic nitrogens is 2. The first-order valence-corrected chi connectivity index (χ1v) is 5.42. The van der Waals surface area contributed by atoms with E-state index in [1.54, 1.807) is 6.21 Å². The topological polar surface area (TPSA) is 82.7 Å². The summed E-state index contributed by atoms with van der Waals surface area (Å²) >= 11 is 0. The van der Waals surface area contributed by atoms with Gasteiger partial charge in [-0.25, -0.2) is 9.79 Å². The molecule has 0 N–H and O–H groups in total. The maximum atomic E-state index is 12.1. The first-order chi connectivity index (χ1) is 8.56. The predicted octanol–water partition coefficient (Wildman–Crippen LogP) is -0.979. The highest BCUT2D eigenvalue weighted by Gasteiger charge is 2.20. The first kappa shape index (κ1) is 12.4. The van der Waals surface area contributed by atoms with Gasteiger partial charge in [-0.05, 0) is 0 Å². The molecule has 0 bridgehead atoms. The van der Waals surface area contributed by atoms with Gasteiger partial charge in [0.15, 0.2) is 5.78 Å². The average molecular weight is 251 g/mol. The number of ketones is 1. The summed E-state index contributed by atoms with van der Waals surface area (Å²) in [5.74, 6) is 0.0519. The molecule has 96 valence electrons. The minimum atomic E-state index is -0.540. The normalized spacial score (nSPS) is 12.8. The summed E-state index contributed by atoms with van der Waals surface area (Å²) in [6.07, 6.45) is 1.97. The summed E-state index contributed by atoms with van der Waals surface area (Å²) in [4.78, 5) is 39.5. The van der Waals surface area contributed by atoms with Crippen LogP contribution in [0.2, 0.25) is 0 Å². The highest BCUT2D eigenvalue weighted by molar-refractivity contribution is 5.79. The van der Waals surface area contributed by atoms with E-state index >= 15 is 0 Å². The number of hydrogen-bond donors (Lipinski definition) is 0. The van der Waals surface area contributed by atoms with Gasteiger partial charge in [-0.3, -0.25) is 18.7 Å². The SMILES string of the molecule is COCC(=O)Cn1c(=O)c2c(n(C)c1=O)N=CC2. The van der Waals surface area contributed by atoms with Crippen molar-refractivity contribution < 1.29 is 9.53 Å². The Morgan fingerprint density at radius 1 is 1.50 bits per heavy atom. The van der Waals surface area contributed by atoms with Crippen LogP contribution < -0.4 is 11.2 Å². The van der Waals surface area contributed by atoms with E-state index in [9.17, 15) is 14.4 Å². The van der Waals surface area contributed by atoms with Crippen molar-refractivity contribution in [3.63, 3.8) is 0 Å². The minimum Gasteiger partial charge on any atom is -0.377 e. The molecule has 1 aliphatic heterocycles. The van der Waals surface area contributed by atoms with Crippen LogP contribution in [0.25, 0.3) is 0 Å². The molecule has 0 amide bonds. The van der Waals surface area contributed by atoms with Gasteiger partial charge in [0.1, 0.15) is 12.4 Å². The van der Waals surface area contributed by atoms with Crippen molar-refractivity contribution in [3.05, 3.63) is 26.4 Å². The lowest BCUT2D eigenvalue weighted by Gasteiger charge is -2.09. The summed E-state index contributed by atoms with van der Waals surface area (Å²) in [7, 11) is 2.91. The molecule has 0 spiro atoms. The van der Waals surface area contributed by atoms with Gasteiger partial charge >= 0.3 is 5.69 Å². The standard InChI is InChI=1S/C11H13N3O4/c1-13-9-8(3-4-12-9)10(16)14(11(13)17)5-7(15)6-18-2/h4H,3,5-6H2,1-2H3. The van der Waals surface area contributed by atoms with Crippen molar-refractivity contribution in [3.8, 4) is 0 Å². The van der Waals surface area contributed by atoms with Gasteiger partial charge in [0, 0.05) is 26.8 Å². The molecule has 1 aromatic heterocycles. The van der Waals surface area contributed by atoms with Gasteiger partial charge in [0.05, 0.1) is 12.1 Å². The molecule has 7 heteroatoms. The van der Waals surface area contributed by atoms with E-state index in [-0.39, 0.29) is 18.9 Å². The number of aliphatic imine (C=N–C) groups is 1. The number of Topliss-reactive ketones (excluding diaryl/α,β-unsaturated/α-hetero) is 1. The summed E-state index contributed by atoms with van der Waals surface area (Å²) < 4.78 is 6.88. The number of methoxy groups -OCH3 is 1. The fourth-order valence-corrected chi connectivity index (χ4v) is 1.91. The van der Waals surface area contributed by atoms with Gasteiger partial charge in [-0.1, -0.05) is 0 Å². The molecule has 0 saturated carbocycles. The lowest BCUT2D eigenvalue weighted by Crippen LogP contribution is -2.42. The summed E-state index contributed by atoms with van der Waals surface area (Å²) in [5.41, 5.74) is -0.542. The molecule has 2 rings (SSSR count). The van der Waals surface area contributed by atoms with E-state index in [1.807, 2.05) is 0 Å². The number of carbonyl (C=O) groups excluding carboxylic acids is 1. The zero-order chi connectivity index (χ0) is 13.3. The van der Waals surface area contributed by atoms with Gasteiger partial charge in [-0.2, -0.15) is 0 Å². The number of hydrogen-bond acceptors (Lipinski definition) is 5. The minimum absolute atomic E-state index is 0.122. The molecule has 1 aliphatic rings. The Morgan fingerprint density at radius 2 is 2.22 bits per heavy atom. The number of fused-ring (bicyclic) bond motifs is 1. The van der Waals surface area contributed by atoms with Crippen LogP contribution in [0.15, 0.2) is 14.6 Å². The Morgan fingerprint density at radius 3 is 2.89 bits per heavy atom. The zero-order valence-electron chi connectivity index (χ0n) is 10.2. The van der Waals surface area contributed by atoms with Crippen LogP contribution in [-0.4, -0.2) is 34.8 Å². The summed E-state index contributed by atoms with van der Waals surface area (Å²) in [6, 6.07) is 0. The molecule has 1 aromatic rings. The third-order valence-electron chi connectivity index (χ3n) is 2.76. The molecule has 0 radical (unpaired) electrons. The van der Waals surface area contributed by atoms with E-state index in [0.717, 1.165) is 4.57 Å². The lowest BCUT2D eigenvalue weighted by atomic mass is 10.2. The second-order valence-electron chi connectivity index (χ2n) is 4.02. The molecule has 2 heterocycles. The molecule has 0 aliphatic carbocycles. The zero-order valence-corrected chi connectivity index (χ0v) is 10.2. The van der Waals surface area contributed by atoms with Crippen molar-refractivity contribution in [2.24, 2.45) is 12.0 Å². The Hall–Kier alpha value is -2.02. The Kier molecular flexibility index (Phi) is 3.24. The number of nitrogens with zero attached hydrogens (tertiary/aromatic N) is 3. The monoisotopic (exact) mass is 251 g/mol. The van der Waals surface area contributed by atoms with Crippen LogP contribution in [0.4, 0.5) is 5.82 Å². The van der Waals surface area contributed by atoms with E-state index in [2.05, 4.69) is 9.73 Å². The van der Waals surface area contributed by atoms with Gasteiger partial charge in [0.25, 0.3) is 5.56 Å². The second kappa shape index (κ2) is 4.69. The third kappa shape index (κ3) is 1.92. The van der Waals surface area contributed by atoms with Crippen LogP contribution in [0, 0.1) is 0 Å². The fraction of sp³-hybridized carbons (Fsp3) is 0.455. The molecule has 0 saturated heterocycles. The van der Waals surface area contributed by atoms with Crippen molar-refractivity contribution in [2.75, 3.05) is 13.7 Å². The quantitative estimate of drug-likeness (QED) is 0.688. The highest BCUT2D eigenvalue weighted by Crippen LogP contribution is 2.17. The lowest BCUT2D eigenvalue weighted by molar-refractivity contribution is -0.123. The number of carbonyl (C=O) groups is 1. The van der Waals surface area contributed by atoms with Crippen LogP contribution in [0.3, 0.4) is 0 Å². The van der Waals surface area contributed by atoms with Crippen LogP contribution in [0.1, 0.15) is 5.56 Å². The van der Waals surface area contributed by atoms with Crippen LogP contribution in [-0.2, 0) is 29.5 Å². The maximum Gasteiger partial charge on any atom is 0.332 e. The van der Waals surface area contributed by atoms with E-state index in [0.29, 0.717) is 17.8 Å². The second-order valence-corrected chi connectivity index (χ2v) is 4.02. The van der Waals surface area contributed by atoms with Gasteiger partial charge < -0.3 is 4.74 Å². The Bertz CT molecular complexity index is 639. The summed E-state index contributed by atoms with van der Waals surface area (Å²) in [5, 5.41) is 0. The molecule has 0 aromatic carbocycles. The van der Waals surface area contributed by atoms with Crippen LogP contribution >= 0.6 is 0 Å². The fourth-order valence-electron chi connectivity index (χ4n) is 1.91. The van der Waals surface area contributed by atoms with Crippen molar-refractivity contribution in [1.29, 1.82) is 0 Å². The van der Waals surface area contributed by atoms with E-state index < -0.39 is 11.2 Å². The molecular formula is C11H13N3O4. The molecule has 7 nitrogen and oxygen atoms in total. The van der Waals surface area contributed by atoms with Crippen molar-refractivity contribution >= 4 is 17.8 Å². The maximum absolute atomic E-state index is 12.1. The average Bonchev–Trinajstić information content (AvgIpc) is 2.81. The predicted molar refractivity (Wildman–Crippen MR) is 64.7 cm³/mol. The number of ether oxygens (including phenoxy) is 1. The summed E-state index contributed by atoms with van der Waals surface area (Å²) in [6.45, 7) is -0.393. The van der Waals surface area contributed by atoms with Crippen molar-refractivity contribution in [2.45, 2.75) is 13.0 Å². The van der Waals surface area contributed by atoms with Gasteiger partial charge in [0.2, 0.25) is 0 Å². The molecular weight excluding hydrogens is 238 g/mol. The smallest absolute Gasteiger partial charge is 0.332 e. The van der Waals surface area contributed by atoms with E-state index in [1.165, 1.54) is 18.7 Å². The van der Waals surface area contributed by atoms with Crippen molar-refractivity contribution in [1.82, 2.24) is 9.13 Å². The van der Waals surface area contributed by atoms with Crippen LogP contribution in [0.5, 0.6) is 0 Å².